The average molecular weight is 639 g/mol. The van der Waals surface area contributed by atoms with Crippen LogP contribution < -0.4 is 10.6 Å². The Labute approximate surface area is 260 Å². The summed E-state index contributed by atoms with van der Waals surface area (Å²) in [7, 11) is 0. The Balaban J connectivity index is 1.27. The van der Waals surface area contributed by atoms with Gasteiger partial charge in [-0.3, -0.25) is 19.4 Å². The second-order valence-electron chi connectivity index (χ2n) is 12.2. The first kappa shape index (κ1) is 29.5. The van der Waals surface area contributed by atoms with E-state index >= 15 is 4.39 Å². The molecule has 1 aromatic heterocycles. The number of anilines is 2. The number of alkyl halides is 3. The number of nitrogens with zero attached hydrogens (tertiary/aromatic N) is 2. The molecule has 4 aliphatic rings. The van der Waals surface area contributed by atoms with Crippen molar-refractivity contribution in [3.63, 3.8) is 0 Å². The van der Waals surface area contributed by atoms with Gasteiger partial charge in [0.2, 0.25) is 11.8 Å². The molecule has 2 atom stereocenters. The Hall–Kier alpha value is -4.25. The molecule has 2 saturated carbocycles. The molecule has 1 unspecified atom stereocenters. The SMILES string of the molecule is O=C1C=C(c2c(NC(=O)C(F)(F)F)ccc(Cl)c2F)CCN1C12C[C@H]1CCC1(CC1)C(=O)Nc1ccccc1-c1ccnc2c1. The molecule has 2 bridgehead atoms. The van der Waals surface area contributed by atoms with Gasteiger partial charge < -0.3 is 15.5 Å². The molecule has 45 heavy (non-hydrogen) atoms. The number of amides is 3. The number of carbonyl (C=O) groups is 3. The smallest absolute Gasteiger partial charge is 0.327 e. The van der Waals surface area contributed by atoms with E-state index in [0.29, 0.717) is 30.6 Å². The maximum atomic E-state index is 15.3. The zero-order valence-corrected chi connectivity index (χ0v) is 24.6. The highest BCUT2D eigenvalue weighted by molar-refractivity contribution is 6.31. The zero-order valence-electron chi connectivity index (χ0n) is 23.8. The van der Waals surface area contributed by atoms with Crippen molar-refractivity contribution in [2.24, 2.45) is 11.3 Å². The fourth-order valence-corrected chi connectivity index (χ4v) is 7.12. The van der Waals surface area contributed by atoms with Crippen LogP contribution in [0.5, 0.6) is 0 Å². The fraction of sp³-hybridized carbons (Fsp3) is 0.333. The third kappa shape index (κ3) is 4.97. The van der Waals surface area contributed by atoms with Gasteiger partial charge in [-0.25, -0.2) is 4.39 Å². The Morgan fingerprint density at radius 1 is 1.09 bits per heavy atom. The number of nitrogens with one attached hydrogen (secondary N) is 2. The molecule has 7 nitrogen and oxygen atoms in total. The lowest BCUT2D eigenvalue weighted by Gasteiger charge is -2.36. The molecule has 3 heterocycles. The number of carbonyl (C=O) groups excluding carboxylic acids is 3. The van der Waals surface area contributed by atoms with Gasteiger partial charge >= 0.3 is 12.1 Å². The zero-order chi connectivity index (χ0) is 31.7. The van der Waals surface area contributed by atoms with Gasteiger partial charge in [-0.2, -0.15) is 13.2 Å². The molecule has 0 radical (unpaired) electrons. The van der Waals surface area contributed by atoms with Crippen molar-refractivity contribution in [1.82, 2.24) is 9.88 Å². The lowest BCUT2D eigenvalue weighted by Crippen LogP contribution is -2.44. The summed E-state index contributed by atoms with van der Waals surface area (Å²) in [6.07, 6.45) is 1.34. The van der Waals surface area contributed by atoms with E-state index in [1.54, 1.807) is 16.4 Å². The van der Waals surface area contributed by atoms with Crippen LogP contribution in [0.1, 0.15) is 49.8 Å². The standard InChI is InChI=1S/C33H27ClF4N4O3/c34-22-5-6-24(41-30(45)33(36,37)38)27(28(22)35)19-9-14-42(26(43)16-19)32-17-20(32)7-10-31(11-12-31)29(44)40-23-4-2-1-3-21(23)18-8-13-39-25(32)15-18/h1-6,8,13,15-16,20H,7,9-12,14,17H2,(H,40,44)(H,41,45)/t20-,32?/m1/s1. The van der Waals surface area contributed by atoms with Crippen molar-refractivity contribution >= 4 is 46.3 Å². The average Bonchev–Trinajstić information content (AvgIpc) is 3.93. The molecule has 7 rings (SSSR count). The maximum Gasteiger partial charge on any atom is 0.471 e. The molecule has 12 heteroatoms. The summed E-state index contributed by atoms with van der Waals surface area (Å²) in [4.78, 5) is 45.4. The van der Waals surface area contributed by atoms with E-state index < -0.39 is 40.4 Å². The maximum absolute atomic E-state index is 15.3. The predicted molar refractivity (Wildman–Crippen MR) is 159 cm³/mol. The van der Waals surface area contributed by atoms with Crippen molar-refractivity contribution in [3.8, 4) is 11.1 Å². The molecule has 232 valence electrons. The third-order valence-electron chi connectivity index (χ3n) is 9.64. The molecule has 2 aromatic carbocycles. The lowest BCUT2D eigenvalue weighted by atomic mass is 9.91. The molecule has 3 amide bonds. The fourth-order valence-electron chi connectivity index (χ4n) is 6.96. The van der Waals surface area contributed by atoms with Crippen LogP contribution in [0.2, 0.25) is 5.02 Å². The molecule has 2 fully saturated rings. The molecule has 0 saturated heterocycles. The Bertz CT molecular complexity index is 1800. The summed E-state index contributed by atoms with van der Waals surface area (Å²) in [5, 5.41) is 4.50. The first-order chi connectivity index (χ1) is 21.4. The molecular formula is C33H27ClF4N4O3. The van der Waals surface area contributed by atoms with Crippen LogP contribution in [0.3, 0.4) is 0 Å². The second-order valence-corrected chi connectivity index (χ2v) is 12.6. The van der Waals surface area contributed by atoms with E-state index in [-0.39, 0.29) is 40.9 Å². The quantitative estimate of drug-likeness (QED) is 0.300. The van der Waals surface area contributed by atoms with E-state index in [4.69, 9.17) is 16.6 Å². The molecule has 1 spiro atoms. The topological polar surface area (TPSA) is 91.4 Å². The molecule has 3 aromatic rings. The number of rotatable bonds is 3. The van der Waals surface area contributed by atoms with Crippen molar-refractivity contribution < 1.29 is 31.9 Å². The number of aromatic nitrogens is 1. The predicted octanol–water partition coefficient (Wildman–Crippen LogP) is 7.09. The van der Waals surface area contributed by atoms with E-state index in [1.807, 2.05) is 36.4 Å². The summed E-state index contributed by atoms with van der Waals surface area (Å²) in [5.74, 6) is -3.74. The minimum absolute atomic E-state index is 0.00496. The van der Waals surface area contributed by atoms with Crippen LogP contribution in [-0.2, 0) is 19.9 Å². The van der Waals surface area contributed by atoms with E-state index in [1.165, 1.54) is 6.08 Å². The lowest BCUT2D eigenvalue weighted by molar-refractivity contribution is -0.167. The van der Waals surface area contributed by atoms with Crippen LogP contribution in [0.15, 0.2) is 60.8 Å². The Morgan fingerprint density at radius 3 is 2.60 bits per heavy atom. The largest absolute Gasteiger partial charge is 0.471 e. The minimum atomic E-state index is -5.20. The van der Waals surface area contributed by atoms with Gasteiger partial charge in [0.05, 0.1) is 21.9 Å². The van der Waals surface area contributed by atoms with Crippen LogP contribution in [0, 0.1) is 17.2 Å². The number of hydrogen-bond donors (Lipinski definition) is 2. The first-order valence-corrected chi connectivity index (χ1v) is 15.1. The molecule has 2 N–H and O–H groups in total. The van der Waals surface area contributed by atoms with Crippen molar-refractivity contribution in [1.29, 1.82) is 0 Å². The minimum Gasteiger partial charge on any atom is -0.327 e. The molecular weight excluding hydrogens is 612 g/mol. The van der Waals surface area contributed by atoms with Crippen molar-refractivity contribution in [2.75, 3.05) is 17.2 Å². The summed E-state index contributed by atoms with van der Waals surface area (Å²) >= 11 is 5.98. The van der Waals surface area contributed by atoms with Crippen LogP contribution in [0.25, 0.3) is 16.7 Å². The highest BCUT2D eigenvalue weighted by Gasteiger charge is 2.63. The van der Waals surface area contributed by atoms with Crippen molar-refractivity contribution in [3.05, 3.63) is 82.9 Å². The van der Waals surface area contributed by atoms with Crippen LogP contribution in [-0.4, -0.2) is 40.3 Å². The summed E-state index contributed by atoms with van der Waals surface area (Å²) in [5.41, 5.74) is 1.18. The summed E-state index contributed by atoms with van der Waals surface area (Å²) < 4.78 is 54.4. The van der Waals surface area contributed by atoms with Gasteiger partial charge in [-0.1, -0.05) is 29.8 Å². The normalized spacial score (nSPS) is 23.5. The highest BCUT2D eigenvalue weighted by atomic mass is 35.5. The van der Waals surface area contributed by atoms with Crippen LogP contribution in [0.4, 0.5) is 28.9 Å². The third-order valence-corrected chi connectivity index (χ3v) is 9.93. The number of hydrogen-bond acceptors (Lipinski definition) is 4. The molecule has 2 aliphatic carbocycles. The van der Waals surface area contributed by atoms with Gasteiger partial charge in [0.1, 0.15) is 0 Å². The van der Waals surface area contributed by atoms with E-state index in [2.05, 4.69) is 5.32 Å². The molecule has 2 aliphatic heterocycles. The number of para-hydroxylation sites is 1. The highest BCUT2D eigenvalue weighted by Crippen LogP contribution is 2.62. The number of pyridine rings is 1. The Morgan fingerprint density at radius 2 is 1.87 bits per heavy atom. The first-order valence-electron chi connectivity index (χ1n) is 14.7. The van der Waals surface area contributed by atoms with Gasteiger partial charge in [-0.15, -0.1) is 0 Å². The van der Waals surface area contributed by atoms with Gasteiger partial charge in [0.15, 0.2) is 5.82 Å². The summed E-state index contributed by atoms with van der Waals surface area (Å²) in [6.45, 7) is 0.133. The number of benzene rings is 2. The summed E-state index contributed by atoms with van der Waals surface area (Å²) in [6, 6.07) is 13.5. The van der Waals surface area contributed by atoms with Crippen molar-refractivity contribution in [2.45, 2.75) is 50.2 Å². The van der Waals surface area contributed by atoms with Gasteiger partial charge in [-0.05, 0) is 85.9 Å². The van der Waals surface area contributed by atoms with E-state index in [0.717, 1.165) is 36.1 Å². The number of fused-ring (bicyclic) bond motifs is 6. The van der Waals surface area contributed by atoms with Crippen LogP contribution >= 0.6 is 11.6 Å². The van der Waals surface area contributed by atoms with Gasteiger partial charge in [0.25, 0.3) is 0 Å². The van der Waals surface area contributed by atoms with Gasteiger partial charge in [0, 0.05) is 41.0 Å². The monoisotopic (exact) mass is 638 g/mol. The second kappa shape index (κ2) is 10.4. The number of halogens is 5. The van der Waals surface area contributed by atoms with E-state index in [9.17, 15) is 27.6 Å². The Kier molecular flexibility index (Phi) is 6.81.